The molecule has 29 heavy (non-hydrogen) atoms. The second-order valence-electron chi connectivity index (χ2n) is 7.40. The minimum atomic E-state index is 0. The summed E-state index contributed by atoms with van der Waals surface area (Å²) in [4.78, 5) is 25.7. The molecule has 2 aromatic rings. The Kier molecular flexibility index (Phi) is 8.47. The monoisotopic (exact) mass is 514 g/mol. The first-order valence-electron chi connectivity index (χ1n) is 9.80. The van der Waals surface area contributed by atoms with Gasteiger partial charge in [0.25, 0.3) is 0 Å². The Morgan fingerprint density at radius 3 is 2.76 bits per heavy atom. The molecule has 1 saturated heterocycles. The van der Waals surface area contributed by atoms with Crippen LogP contribution in [0.5, 0.6) is 0 Å². The number of amides is 1. The fourth-order valence-electron chi connectivity index (χ4n) is 3.30. The van der Waals surface area contributed by atoms with Crippen LogP contribution in [0, 0.1) is 5.92 Å². The molecule has 2 aromatic heterocycles. The molecule has 0 unspecified atom stereocenters. The van der Waals surface area contributed by atoms with Gasteiger partial charge in [-0.2, -0.15) is 5.10 Å². The molecule has 0 aliphatic carbocycles. The van der Waals surface area contributed by atoms with Gasteiger partial charge in [0.15, 0.2) is 5.96 Å². The lowest BCUT2D eigenvalue weighted by atomic mass is 10.2. The van der Waals surface area contributed by atoms with Crippen LogP contribution in [-0.4, -0.2) is 62.3 Å². The first kappa shape index (κ1) is 23.2. The number of anilines is 1. The molecular weight excluding hydrogens is 483 g/mol. The lowest BCUT2D eigenvalue weighted by Crippen LogP contribution is -2.55. The first-order valence-corrected chi connectivity index (χ1v) is 9.80. The quantitative estimate of drug-likeness (QED) is 0.361. The summed E-state index contributed by atoms with van der Waals surface area (Å²) in [5, 5.41) is 7.47. The van der Waals surface area contributed by atoms with Crippen LogP contribution in [0.1, 0.15) is 26.6 Å². The molecule has 0 saturated carbocycles. The second kappa shape index (κ2) is 10.6. The lowest BCUT2D eigenvalue weighted by Gasteiger charge is -2.35. The van der Waals surface area contributed by atoms with E-state index in [9.17, 15) is 4.79 Å². The van der Waals surface area contributed by atoms with Crippen LogP contribution in [0.25, 0.3) is 0 Å². The highest BCUT2D eigenvalue weighted by atomic mass is 127. The zero-order chi connectivity index (χ0) is 20.1. The fourth-order valence-corrected chi connectivity index (χ4v) is 3.30. The SMILES string of the molecule is CCNC(=NCc1nccn1CC(C)C)N1CCN(c2cnn(C)c2)C(=O)C1.I. The summed E-state index contributed by atoms with van der Waals surface area (Å²) in [5.41, 5.74) is 0.838. The molecule has 0 radical (unpaired) electrons. The molecule has 3 heterocycles. The minimum Gasteiger partial charge on any atom is -0.356 e. The van der Waals surface area contributed by atoms with E-state index in [0.717, 1.165) is 30.6 Å². The Morgan fingerprint density at radius 2 is 2.14 bits per heavy atom. The van der Waals surface area contributed by atoms with Gasteiger partial charge in [0, 0.05) is 51.8 Å². The van der Waals surface area contributed by atoms with Gasteiger partial charge in [-0.1, -0.05) is 13.8 Å². The van der Waals surface area contributed by atoms with Crippen LogP contribution >= 0.6 is 24.0 Å². The van der Waals surface area contributed by atoms with Crippen LogP contribution in [-0.2, 0) is 24.9 Å². The highest BCUT2D eigenvalue weighted by molar-refractivity contribution is 14.0. The van der Waals surface area contributed by atoms with Crippen molar-refractivity contribution in [1.29, 1.82) is 0 Å². The van der Waals surface area contributed by atoms with Crippen LogP contribution in [0.2, 0.25) is 0 Å². The number of guanidine groups is 1. The van der Waals surface area contributed by atoms with Crippen LogP contribution in [0.3, 0.4) is 0 Å². The van der Waals surface area contributed by atoms with Crippen LogP contribution in [0.15, 0.2) is 29.8 Å². The number of aryl methyl sites for hydroxylation is 1. The zero-order valence-electron chi connectivity index (χ0n) is 17.6. The number of halogens is 1. The third-order valence-corrected chi connectivity index (χ3v) is 4.59. The highest BCUT2D eigenvalue weighted by Crippen LogP contribution is 2.16. The predicted octanol–water partition coefficient (Wildman–Crippen LogP) is 1.70. The van der Waals surface area contributed by atoms with Crippen molar-refractivity contribution in [2.24, 2.45) is 18.0 Å². The van der Waals surface area contributed by atoms with Gasteiger partial charge in [-0.25, -0.2) is 9.98 Å². The van der Waals surface area contributed by atoms with Crippen molar-refractivity contribution in [3.05, 3.63) is 30.6 Å². The fraction of sp³-hybridized carbons (Fsp3) is 0.579. The number of nitrogens with one attached hydrogen (secondary N) is 1. The minimum absolute atomic E-state index is 0. The number of aliphatic imine (C=N–C) groups is 1. The van der Waals surface area contributed by atoms with Crippen molar-refractivity contribution in [2.45, 2.75) is 33.9 Å². The first-order chi connectivity index (χ1) is 13.5. The number of aromatic nitrogens is 4. The van der Waals surface area contributed by atoms with Crippen LogP contribution < -0.4 is 10.2 Å². The zero-order valence-corrected chi connectivity index (χ0v) is 19.9. The van der Waals surface area contributed by atoms with E-state index in [1.807, 2.05) is 37.5 Å². The van der Waals surface area contributed by atoms with E-state index in [4.69, 9.17) is 4.99 Å². The third kappa shape index (κ3) is 5.94. The molecule has 0 aromatic carbocycles. The number of hydrogen-bond donors (Lipinski definition) is 1. The Labute approximate surface area is 189 Å². The molecule has 1 aliphatic heterocycles. The van der Waals surface area contributed by atoms with Crippen LogP contribution in [0.4, 0.5) is 5.69 Å². The van der Waals surface area contributed by atoms with Crippen molar-refractivity contribution in [3.8, 4) is 0 Å². The van der Waals surface area contributed by atoms with Gasteiger partial charge >= 0.3 is 0 Å². The maximum Gasteiger partial charge on any atom is 0.246 e. The molecule has 1 amide bonds. The Balaban J connectivity index is 0.00000300. The van der Waals surface area contributed by atoms with Gasteiger partial charge in [0.2, 0.25) is 5.91 Å². The van der Waals surface area contributed by atoms with Gasteiger partial charge in [0.1, 0.15) is 18.9 Å². The predicted molar refractivity (Wildman–Crippen MR) is 124 cm³/mol. The molecule has 1 fully saturated rings. The molecule has 1 aliphatic rings. The molecule has 160 valence electrons. The summed E-state index contributed by atoms with van der Waals surface area (Å²) < 4.78 is 3.85. The number of carbonyl (C=O) groups is 1. The van der Waals surface area contributed by atoms with Gasteiger partial charge in [-0.3, -0.25) is 9.48 Å². The van der Waals surface area contributed by atoms with E-state index < -0.39 is 0 Å². The number of imidazole rings is 1. The van der Waals surface area contributed by atoms with Gasteiger partial charge in [0.05, 0.1) is 11.9 Å². The third-order valence-electron chi connectivity index (χ3n) is 4.59. The normalized spacial score (nSPS) is 15.1. The summed E-state index contributed by atoms with van der Waals surface area (Å²) in [6.45, 7) is 10.2. The largest absolute Gasteiger partial charge is 0.356 e. The van der Waals surface area contributed by atoms with E-state index in [0.29, 0.717) is 32.1 Å². The van der Waals surface area contributed by atoms with Gasteiger partial charge < -0.3 is 19.7 Å². The van der Waals surface area contributed by atoms with E-state index in [-0.39, 0.29) is 29.9 Å². The van der Waals surface area contributed by atoms with Crippen molar-refractivity contribution in [3.63, 3.8) is 0 Å². The van der Waals surface area contributed by atoms with E-state index >= 15 is 0 Å². The topological polar surface area (TPSA) is 83.6 Å². The van der Waals surface area contributed by atoms with E-state index in [2.05, 4.69) is 33.8 Å². The molecular formula is C19H31IN8O. The van der Waals surface area contributed by atoms with E-state index in [1.165, 1.54) is 0 Å². The number of carbonyl (C=O) groups excluding carboxylic acids is 1. The molecule has 1 N–H and O–H groups in total. The van der Waals surface area contributed by atoms with Crippen molar-refractivity contribution in [2.75, 3.05) is 31.1 Å². The van der Waals surface area contributed by atoms with Gasteiger partial charge in [-0.15, -0.1) is 24.0 Å². The number of rotatable bonds is 6. The maximum atomic E-state index is 12.7. The van der Waals surface area contributed by atoms with E-state index in [1.54, 1.807) is 15.8 Å². The smallest absolute Gasteiger partial charge is 0.246 e. The van der Waals surface area contributed by atoms with Gasteiger partial charge in [-0.05, 0) is 12.8 Å². The summed E-state index contributed by atoms with van der Waals surface area (Å²) >= 11 is 0. The summed E-state index contributed by atoms with van der Waals surface area (Å²) in [6.07, 6.45) is 7.40. The molecule has 0 bridgehead atoms. The van der Waals surface area contributed by atoms with Crippen molar-refractivity contribution in [1.82, 2.24) is 29.5 Å². The molecule has 3 rings (SSSR count). The summed E-state index contributed by atoms with van der Waals surface area (Å²) in [5.74, 6) is 2.28. The maximum absolute atomic E-state index is 12.7. The molecule has 10 heteroatoms. The Morgan fingerprint density at radius 1 is 1.34 bits per heavy atom. The lowest BCUT2D eigenvalue weighted by molar-refractivity contribution is -0.120. The highest BCUT2D eigenvalue weighted by Gasteiger charge is 2.27. The van der Waals surface area contributed by atoms with Crippen molar-refractivity contribution < 1.29 is 4.79 Å². The summed E-state index contributed by atoms with van der Waals surface area (Å²) in [6, 6.07) is 0. The average Bonchev–Trinajstić information content (AvgIpc) is 3.27. The molecule has 0 atom stereocenters. The Hall–Kier alpha value is -2.11. The van der Waals surface area contributed by atoms with Crippen molar-refractivity contribution >= 4 is 41.5 Å². The second-order valence-corrected chi connectivity index (χ2v) is 7.40. The number of nitrogens with zero attached hydrogens (tertiary/aromatic N) is 7. The average molecular weight is 514 g/mol. The molecule has 0 spiro atoms. The Bertz CT molecular complexity index is 828. The standard InChI is InChI=1S/C19H30N8O.HI/c1-5-20-19(22-11-17-21-6-7-25(17)12-15(2)3)26-8-9-27(18(28)14-26)16-10-23-24(4)13-16;/h6-7,10,13,15H,5,8-9,11-12,14H2,1-4H3,(H,20,22);1H. The number of piperazine rings is 1. The molecule has 9 nitrogen and oxygen atoms in total. The number of hydrogen-bond acceptors (Lipinski definition) is 4. The summed E-state index contributed by atoms with van der Waals surface area (Å²) in [7, 11) is 1.85.